The molecule has 3 rings (SSSR count). The Kier molecular flexibility index (Phi) is 5.53. The fraction of sp³-hybridized carbons (Fsp3) is 0.667. The van der Waals surface area contributed by atoms with Crippen LogP contribution in [0.1, 0.15) is 65.5 Å². The molecule has 28 heavy (non-hydrogen) atoms. The molecule has 1 fully saturated rings. The van der Waals surface area contributed by atoms with E-state index in [9.17, 15) is 9.35 Å². The number of pyridine rings is 1. The molecule has 0 saturated carbocycles. The molecule has 0 unspecified atom stereocenters. The average Bonchev–Trinajstić information content (AvgIpc) is 2.86. The van der Waals surface area contributed by atoms with Crippen molar-refractivity contribution in [3.05, 3.63) is 29.6 Å². The Morgan fingerprint density at radius 2 is 1.89 bits per heavy atom. The molecule has 0 radical (unpaired) electrons. The number of ether oxygens (including phenoxy) is 1. The van der Waals surface area contributed by atoms with E-state index in [2.05, 4.69) is 4.98 Å². The Hall–Kier alpha value is -1.60. The summed E-state index contributed by atoms with van der Waals surface area (Å²) in [6, 6.07) is 2.03. The molecule has 1 aliphatic carbocycles. The summed E-state index contributed by atoms with van der Waals surface area (Å²) in [4.78, 5) is 18.5. The number of aromatic nitrogens is 1. The van der Waals surface area contributed by atoms with Crippen molar-refractivity contribution in [2.45, 2.75) is 71.2 Å². The monoisotopic (exact) mass is 405 g/mol. The Morgan fingerprint density at radius 3 is 2.46 bits per heavy atom. The first-order chi connectivity index (χ1) is 12.9. The van der Waals surface area contributed by atoms with E-state index >= 15 is 0 Å². The predicted octanol–water partition coefficient (Wildman–Crippen LogP) is 3.91. The van der Waals surface area contributed by atoms with Gasteiger partial charge in [-0.05, 0) is 72.4 Å². The first-order valence-electron chi connectivity index (χ1n) is 9.84. The highest BCUT2D eigenvalue weighted by Gasteiger charge is 2.48. The number of carbonyl (C=O) groups is 1. The Balaban J connectivity index is 1.85. The topological polar surface area (TPSA) is 77.8 Å². The molecule has 1 saturated heterocycles. The van der Waals surface area contributed by atoms with Crippen LogP contribution in [0.4, 0.5) is 4.79 Å². The van der Waals surface area contributed by atoms with Crippen LogP contribution >= 0.6 is 0 Å². The minimum atomic E-state index is -1.34. The molecule has 1 aliphatic heterocycles. The van der Waals surface area contributed by atoms with Crippen molar-refractivity contribution >= 4 is 23.2 Å². The first kappa shape index (κ1) is 21.1. The molecular formula is C21H31N3O3S. The van der Waals surface area contributed by atoms with Gasteiger partial charge in [-0.2, -0.15) is 0 Å². The molecule has 0 N–H and O–H groups in total. The largest absolute Gasteiger partial charge is 0.591 e. The van der Waals surface area contributed by atoms with Crippen LogP contribution in [-0.2, 0) is 22.5 Å². The van der Waals surface area contributed by atoms with Crippen LogP contribution < -0.4 is 0 Å². The zero-order chi connectivity index (χ0) is 20.7. The Morgan fingerprint density at radius 1 is 1.25 bits per heavy atom. The van der Waals surface area contributed by atoms with E-state index in [-0.39, 0.29) is 11.5 Å². The average molecular weight is 406 g/mol. The first-order valence-corrected chi connectivity index (χ1v) is 10.9. The van der Waals surface area contributed by atoms with Crippen molar-refractivity contribution in [2.24, 2.45) is 9.81 Å². The van der Waals surface area contributed by atoms with Crippen molar-refractivity contribution in [3.63, 3.8) is 0 Å². The van der Waals surface area contributed by atoms with Gasteiger partial charge in [0.25, 0.3) is 0 Å². The number of fused-ring (bicyclic) bond motifs is 1. The van der Waals surface area contributed by atoms with E-state index in [1.165, 1.54) is 5.56 Å². The van der Waals surface area contributed by atoms with Gasteiger partial charge < -0.3 is 14.2 Å². The summed E-state index contributed by atoms with van der Waals surface area (Å²) in [5.41, 5.74) is 2.41. The van der Waals surface area contributed by atoms with Gasteiger partial charge >= 0.3 is 6.09 Å². The van der Waals surface area contributed by atoms with Crippen molar-refractivity contribution in [3.8, 4) is 0 Å². The number of hydrogen-bond acceptors (Lipinski definition) is 5. The van der Waals surface area contributed by atoms with Gasteiger partial charge in [0, 0.05) is 36.5 Å². The van der Waals surface area contributed by atoms with E-state index in [1.54, 1.807) is 11.1 Å². The van der Waals surface area contributed by atoms with E-state index in [1.807, 2.05) is 53.8 Å². The van der Waals surface area contributed by atoms with Crippen LogP contribution in [0.2, 0.25) is 0 Å². The number of nitrogens with zero attached hydrogens (tertiary/aromatic N) is 3. The van der Waals surface area contributed by atoms with Gasteiger partial charge in [0.15, 0.2) is 0 Å². The smallest absolute Gasteiger partial charge is 0.410 e. The summed E-state index contributed by atoms with van der Waals surface area (Å²) in [5, 5.41) is 0. The van der Waals surface area contributed by atoms with Gasteiger partial charge in [-0.3, -0.25) is 4.98 Å². The van der Waals surface area contributed by atoms with E-state index in [0.29, 0.717) is 13.1 Å². The number of hydrogen-bond donors (Lipinski definition) is 0. The molecule has 1 atom stereocenters. The highest BCUT2D eigenvalue weighted by Crippen LogP contribution is 2.45. The molecule has 6 nitrogen and oxygen atoms in total. The van der Waals surface area contributed by atoms with Crippen LogP contribution in [0.5, 0.6) is 0 Å². The number of amides is 1. The normalized spacial score (nSPS) is 21.7. The maximum Gasteiger partial charge on any atom is 0.410 e. The van der Waals surface area contributed by atoms with Gasteiger partial charge in [0.2, 0.25) is 0 Å². The standard InChI is InChI=1S/C21H31N3O3S/c1-19(2,3)27-18(25)24-11-8-21(9-12-24)13-15-7-10-22-14-16(15)17(21)23-28(26)20(4,5)6/h7,10,14H,8-9,11-13H2,1-6H3/t28-/m1/s1. The van der Waals surface area contributed by atoms with Crippen molar-refractivity contribution in [1.29, 1.82) is 0 Å². The lowest BCUT2D eigenvalue weighted by Crippen LogP contribution is -2.47. The van der Waals surface area contributed by atoms with E-state index in [0.717, 1.165) is 30.5 Å². The van der Waals surface area contributed by atoms with Gasteiger partial charge in [0.1, 0.15) is 27.4 Å². The predicted molar refractivity (Wildman–Crippen MR) is 112 cm³/mol. The van der Waals surface area contributed by atoms with Crippen LogP contribution in [0, 0.1) is 5.41 Å². The fourth-order valence-corrected chi connectivity index (χ4v) is 4.48. The van der Waals surface area contributed by atoms with Crippen molar-refractivity contribution in [2.75, 3.05) is 13.1 Å². The third-order valence-corrected chi connectivity index (χ3v) is 6.66. The Bertz CT molecular complexity index is 772. The number of rotatable bonds is 1. The molecule has 0 aromatic carbocycles. The number of likely N-dealkylation sites (tertiary alicyclic amines) is 1. The third-order valence-electron chi connectivity index (χ3n) is 5.27. The van der Waals surface area contributed by atoms with Gasteiger partial charge in [0.05, 0.1) is 0 Å². The summed E-state index contributed by atoms with van der Waals surface area (Å²) in [6.07, 6.45) is 5.78. The molecule has 1 amide bonds. The molecule has 1 spiro atoms. The van der Waals surface area contributed by atoms with Gasteiger partial charge in [-0.15, -0.1) is 0 Å². The zero-order valence-corrected chi connectivity index (χ0v) is 18.6. The minimum absolute atomic E-state index is 0.190. The molecule has 154 valence electrons. The lowest BCUT2D eigenvalue weighted by Gasteiger charge is -2.39. The second-order valence-corrected chi connectivity index (χ2v) is 11.7. The van der Waals surface area contributed by atoms with E-state index < -0.39 is 21.7 Å². The summed E-state index contributed by atoms with van der Waals surface area (Å²) in [6.45, 7) is 12.7. The van der Waals surface area contributed by atoms with Crippen LogP contribution in [-0.4, -0.2) is 49.7 Å². The van der Waals surface area contributed by atoms with Crippen LogP contribution in [0.25, 0.3) is 0 Å². The maximum absolute atomic E-state index is 12.8. The minimum Gasteiger partial charge on any atom is -0.591 e. The molecule has 1 aromatic rings. The quantitative estimate of drug-likeness (QED) is 0.664. The molecule has 2 heterocycles. The molecule has 2 aliphatic rings. The molecule has 7 heteroatoms. The summed E-state index contributed by atoms with van der Waals surface area (Å²) < 4.78 is 22.6. The molecular weight excluding hydrogens is 374 g/mol. The van der Waals surface area contributed by atoms with E-state index in [4.69, 9.17) is 9.13 Å². The lowest BCUT2D eigenvalue weighted by molar-refractivity contribution is 0.0159. The highest BCUT2D eigenvalue weighted by molar-refractivity contribution is 7.91. The Labute approximate surface area is 171 Å². The maximum atomic E-state index is 12.8. The van der Waals surface area contributed by atoms with Crippen molar-refractivity contribution in [1.82, 2.24) is 9.88 Å². The summed E-state index contributed by atoms with van der Waals surface area (Å²) in [7, 11) is 0. The summed E-state index contributed by atoms with van der Waals surface area (Å²) in [5.74, 6) is 0. The summed E-state index contributed by atoms with van der Waals surface area (Å²) >= 11 is -1.34. The highest BCUT2D eigenvalue weighted by atomic mass is 32.2. The zero-order valence-electron chi connectivity index (χ0n) is 17.7. The van der Waals surface area contributed by atoms with Gasteiger partial charge in [-0.25, -0.2) is 4.79 Å². The lowest BCUT2D eigenvalue weighted by atomic mass is 9.75. The third kappa shape index (κ3) is 4.35. The molecule has 1 aromatic heterocycles. The van der Waals surface area contributed by atoms with Crippen LogP contribution in [0.15, 0.2) is 22.9 Å². The SMILES string of the molecule is CC(C)(C)OC(=O)N1CCC2(CC1)Cc1ccncc1C2=N[S@+]([O-])C(C)(C)C. The van der Waals surface area contributed by atoms with Gasteiger partial charge in [-0.1, -0.05) is 4.40 Å². The number of piperidine rings is 1. The fourth-order valence-electron chi connectivity index (χ4n) is 3.75. The second-order valence-electron chi connectivity index (χ2n) is 9.76. The van der Waals surface area contributed by atoms with Crippen LogP contribution in [0.3, 0.4) is 0 Å². The second kappa shape index (κ2) is 7.34. The van der Waals surface area contributed by atoms with Crippen molar-refractivity contribution < 1.29 is 14.1 Å². The molecule has 0 bridgehead atoms. The number of carbonyl (C=O) groups excluding carboxylic acids is 1.